The molecule has 0 aliphatic rings. The molecule has 0 spiro atoms. The molecule has 0 aliphatic carbocycles. The molecule has 0 atom stereocenters. The number of nitrogens with zero attached hydrogens (tertiary/aromatic N) is 2. The minimum absolute atomic E-state index is 0.206. The van der Waals surface area contributed by atoms with Crippen LogP contribution in [0.3, 0.4) is 0 Å². The first-order valence-electron chi connectivity index (χ1n) is 5.52. The van der Waals surface area contributed by atoms with Crippen molar-refractivity contribution < 1.29 is 13.5 Å². The summed E-state index contributed by atoms with van der Waals surface area (Å²) in [5.74, 6) is -1.29. The van der Waals surface area contributed by atoms with Crippen LogP contribution in [0.5, 0.6) is 5.75 Å². The van der Waals surface area contributed by atoms with Crippen LogP contribution >= 0.6 is 0 Å². The Morgan fingerprint density at radius 2 is 1.94 bits per heavy atom. The van der Waals surface area contributed by atoms with E-state index in [0.717, 1.165) is 12.1 Å². The summed E-state index contributed by atoms with van der Waals surface area (Å²) >= 11 is 0. The van der Waals surface area contributed by atoms with Gasteiger partial charge < -0.3 is 10.5 Å². The van der Waals surface area contributed by atoms with Crippen molar-refractivity contribution in [3.63, 3.8) is 0 Å². The number of halogens is 2. The number of nitrogen functional groups attached to an aromatic ring is 1. The molecule has 0 radical (unpaired) electrons. The van der Waals surface area contributed by atoms with Gasteiger partial charge in [0.05, 0.1) is 6.61 Å². The largest absolute Gasteiger partial charge is 0.488 e. The SMILES string of the molecule is Nc1ccn(CCCOc2c(F)cccc2F)n1. The fourth-order valence-electron chi connectivity index (χ4n) is 1.52. The van der Waals surface area contributed by atoms with Gasteiger partial charge in [-0.15, -0.1) is 0 Å². The van der Waals surface area contributed by atoms with Crippen LogP contribution in [0.2, 0.25) is 0 Å². The number of hydrogen-bond acceptors (Lipinski definition) is 3. The third-order valence-corrected chi connectivity index (χ3v) is 2.36. The summed E-state index contributed by atoms with van der Waals surface area (Å²) in [6.45, 7) is 0.783. The Morgan fingerprint density at radius 1 is 1.22 bits per heavy atom. The summed E-state index contributed by atoms with van der Waals surface area (Å²) in [6.07, 6.45) is 2.31. The van der Waals surface area contributed by atoms with Crippen molar-refractivity contribution in [1.82, 2.24) is 9.78 Å². The molecule has 2 N–H and O–H groups in total. The van der Waals surface area contributed by atoms with Gasteiger partial charge in [-0.3, -0.25) is 4.68 Å². The van der Waals surface area contributed by atoms with E-state index in [4.69, 9.17) is 10.5 Å². The van der Waals surface area contributed by atoms with Gasteiger partial charge in [0.25, 0.3) is 0 Å². The molecule has 0 saturated carbocycles. The number of rotatable bonds is 5. The zero-order valence-corrected chi connectivity index (χ0v) is 9.64. The first kappa shape index (κ1) is 12.3. The van der Waals surface area contributed by atoms with E-state index < -0.39 is 11.6 Å². The van der Waals surface area contributed by atoms with Crippen LogP contribution in [0, 0.1) is 11.6 Å². The monoisotopic (exact) mass is 253 g/mol. The van der Waals surface area contributed by atoms with Gasteiger partial charge in [0.2, 0.25) is 0 Å². The summed E-state index contributed by atoms with van der Waals surface area (Å²) in [5.41, 5.74) is 5.45. The lowest BCUT2D eigenvalue weighted by Gasteiger charge is -2.08. The van der Waals surface area contributed by atoms with E-state index in [1.165, 1.54) is 6.07 Å². The fraction of sp³-hybridized carbons (Fsp3) is 0.250. The average Bonchev–Trinajstić information content (AvgIpc) is 2.73. The van der Waals surface area contributed by atoms with Crippen molar-refractivity contribution in [2.24, 2.45) is 0 Å². The van der Waals surface area contributed by atoms with Gasteiger partial charge in [0.15, 0.2) is 17.4 Å². The van der Waals surface area contributed by atoms with Gasteiger partial charge in [-0.25, -0.2) is 8.78 Å². The molecule has 0 amide bonds. The molecule has 1 aromatic carbocycles. The van der Waals surface area contributed by atoms with Gasteiger partial charge in [-0.2, -0.15) is 5.10 Å². The number of anilines is 1. The molecule has 2 aromatic rings. The summed E-state index contributed by atoms with van der Waals surface area (Å²) in [7, 11) is 0. The lowest BCUT2D eigenvalue weighted by molar-refractivity contribution is 0.271. The summed E-state index contributed by atoms with van der Waals surface area (Å²) < 4.78 is 33.1. The van der Waals surface area contributed by atoms with Crippen LogP contribution < -0.4 is 10.5 Å². The third-order valence-electron chi connectivity index (χ3n) is 2.36. The van der Waals surface area contributed by atoms with Crippen LogP contribution in [0.25, 0.3) is 0 Å². The van der Waals surface area contributed by atoms with Gasteiger partial charge >= 0.3 is 0 Å². The van der Waals surface area contributed by atoms with E-state index in [2.05, 4.69) is 5.10 Å². The zero-order valence-electron chi connectivity index (χ0n) is 9.64. The number of hydrogen-bond donors (Lipinski definition) is 1. The molecule has 18 heavy (non-hydrogen) atoms. The maximum Gasteiger partial charge on any atom is 0.190 e. The molecular weight excluding hydrogens is 240 g/mol. The quantitative estimate of drug-likeness (QED) is 0.831. The van der Waals surface area contributed by atoms with Crippen molar-refractivity contribution in [2.75, 3.05) is 12.3 Å². The van der Waals surface area contributed by atoms with Crippen LogP contribution in [0.15, 0.2) is 30.5 Å². The van der Waals surface area contributed by atoms with Crippen molar-refractivity contribution in [3.8, 4) is 5.75 Å². The zero-order chi connectivity index (χ0) is 13.0. The first-order chi connectivity index (χ1) is 8.66. The molecule has 0 aliphatic heterocycles. The maximum absolute atomic E-state index is 13.2. The number of para-hydroxylation sites is 1. The van der Waals surface area contributed by atoms with Crippen molar-refractivity contribution in [1.29, 1.82) is 0 Å². The standard InChI is InChI=1S/C12H13F2N3O/c13-9-3-1-4-10(14)12(9)18-8-2-6-17-7-5-11(15)16-17/h1,3-5,7H,2,6,8H2,(H2,15,16). The average molecular weight is 253 g/mol. The van der Waals surface area contributed by atoms with Crippen LogP contribution in [0.1, 0.15) is 6.42 Å². The highest BCUT2D eigenvalue weighted by Gasteiger charge is 2.08. The van der Waals surface area contributed by atoms with Crippen molar-refractivity contribution >= 4 is 5.82 Å². The first-order valence-corrected chi connectivity index (χ1v) is 5.52. The van der Waals surface area contributed by atoms with E-state index >= 15 is 0 Å². The smallest absolute Gasteiger partial charge is 0.190 e. The van der Waals surface area contributed by atoms with E-state index in [1.54, 1.807) is 16.9 Å². The molecule has 96 valence electrons. The molecule has 0 saturated heterocycles. The number of benzene rings is 1. The minimum Gasteiger partial charge on any atom is -0.488 e. The lowest BCUT2D eigenvalue weighted by atomic mass is 10.3. The molecule has 2 rings (SSSR count). The summed E-state index contributed by atoms with van der Waals surface area (Å²) in [5, 5.41) is 3.98. The van der Waals surface area contributed by atoms with Crippen molar-refractivity contribution in [2.45, 2.75) is 13.0 Å². The van der Waals surface area contributed by atoms with Crippen LogP contribution in [-0.2, 0) is 6.54 Å². The van der Waals surface area contributed by atoms with E-state index in [1.807, 2.05) is 0 Å². The third kappa shape index (κ3) is 2.97. The highest BCUT2D eigenvalue weighted by molar-refractivity contribution is 5.26. The van der Waals surface area contributed by atoms with Crippen LogP contribution in [-0.4, -0.2) is 16.4 Å². The molecular formula is C12H13F2N3O. The predicted octanol–water partition coefficient (Wildman–Crippen LogP) is 2.21. The molecule has 1 heterocycles. The minimum atomic E-state index is -0.696. The topological polar surface area (TPSA) is 53.1 Å². The Kier molecular flexibility index (Phi) is 3.76. The second-order valence-electron chi connectivity index (χ2n) is 3.76. The lowest BCUT2D eigenvalue weighted by Crippen LogP contribution is -2.07. The molecule has 6 heteroatoms. The van der Waals surface area contributed by atoms with E-state index in [9.17, 15) is 8.78 Å². The summed E-state index contributed by atoms with van der Waals surface area (Å²) in [4.78, 5) is 0. The Labute approximate surface area is 103 Å². The number of aryl methyl sites for hydroxylation is 1. The highest BCUT2D eigenvalue weighted by Crippen LogP contribution is 2.20. The molecule has 0 unspecified atom stereocenters. The maximum atomic E-state index is 13.2. The van der Waals surface area contributed by atoms with Crippen LogP contribution in [0.4, 0.5) is 14.6 Å². The normalized spacial score (nSPS) is 10.6. The molecule has 0 fully saturated rings. The summed E-state index contributed by atoms with van der Waals surface area (Å²) in [6, 6.07) is 5.29. The van der Waals surface area contributed by atoms with Gasteiger partial charge in [-0.1, -0.05) is 6.07 Å². The molecule has 4 nitrogen and oxygen atoms in total. The van der Waals surface area contributed by atoms with Gasteiger partial charge in [0.1, 0.15) is 5.82 Å². The second-order valence-corrected chi connectivity index (χ2v) is 3.76. The van der Waals surface area contributed by atoms with E-state index in [0.29, 0.717) is 18.8 Å². The number of ether oxygens (including phenoxy) is 1. The van der Waals surface area contributed by atoms with Gasteiger partial charge in [0, 0.05) is 19.2 Å². The Hall–Kier alpha value is -2.11. The second kappa shape index (κ2) is 5.48. The Morgan fingerprint density at radius 3 is 2.56 bits per heavy atom. The molecule has 1 aromatic heterocycles. The number of nitrogens with two attached hydrogens (primary N) is 1. The van der Waals surface area contributed by atoms with Crippen molar-refractivity contribution in [3.05, 3.63) is 42.1 Å². The van der Waals surface area contributed by atoms with E-state index in [-0.39, 0.29) is 12.4 Å². The van der Waals surface area contributed by atoms with Gasteiger partial charge in [-0.05, 0) is 18.2 Å². The number of aromatic nitrogens is 2. The Balaban J connectivity index is 1.82. The highest BCUT2D eigenvalue weighted by atomic mass is 19.1. The fourth-order valence-corrected chi connectivity index (χ4v) is 1.52. The molecule has 0 bridgehead atoms. The predicted molar refractivity (Wildman–Crippen MR) is 63.1 cm³/mol. The Bertz CT molecular complexity index is 508.